The number of aromatic nitrogens is 5. The van der Waals surface area contributed by atoms with Crippen molar-refractivity contribution >= 4 is 17.7 Å². The lowest BCUT2D eigenvalue weighted by Gasteiger charge is -2.30. The number of rotatable bonds is 5. The Kier molecular flexibility index (Phi) is 5.35. The third-order valence-corrected chi connectivity index (χ3v) is 5.52. The fourth-order valence-corrected chi connectivity index (χ4v) is 3.63. The molecular weight excluding hydrogens is 380 g/mol. The highest BCUT2D eigenvalue weighted by Gasteiger charge is 2.24. The number of benzene rings is 1. The van der Waals surface area contributed by atoms with Crippen molar-refractivity contribution in [1.82, 2.24) is 30.3 Å². The standard InChI is InChI=1S/C21H26N8O/c1-4-13(2)24-20(30)19-14(3)29(27-26-19)17-7-5-6-15-12-28(11-9-16(15)17)21-23-10-8-18(22)25-21/h5-8,10,13H,4,9,11-12H2,1-3H3,(H,24,30)(H2,22,23,25). The van der Waals surface area contributed by atoms with Gasteiger partial charge in [-0.2, -0.15) is 4.98 Å². The molecule has 1 atom stereocenters. The molecule has 1 amide bonds. The van der Waals surface area contributed by atoms with Gasteiger partial charge in [0.05, 0.1) is 11.4 Å². The number of nitrogens with zero attached hydrogens (tertiary/aromatic N) is 6. The SMILES string of the molecule is CCC(C)NC(=O)c1nnn(-c2cccc3c2CCN(c2nccc(N)n2)C3)c1C. The van der Waals surface area contributed by atoms with Crippen molar-refractivity contribution in [1.29, 1.82) is 0 Å². The second-order valence-corrected chi connectivity index (χ2v) is 7.59. The normalized spacial score (nSPS) is 14.3. The molecule has 3 aromatic rings. The molecule has 4 rings (SSSR count). The molecule has 0 saturated carbocycles. The van der Waals surface area contributed by atoms with Gasteiger partial charge in [0.25, 0.3) is 5.91 Å². The van der Waals surface area contributed by atoms with Crippen LogP contribution in [0.1, 0.15) is 47.6 Å². The molecule has 1 unspecified atom stereocenters. The first-order valence-corrected chi connectivity index (χ1v) is 10.2. The number of nitrogens with one attached hydrogen (secondary N) is 1. The van der Waals surface area contributed by atoms with Gasteiger partial charge in [0.1, 0.15) is 5.82 Å². The summed E-state index contributed by atoms with van der Waals surface area (Å²) < 4.78 is 1.76. The maximum Gasteiger partial charge on any atom is 0.273 e. The van der Waals surface area contributed by atoms with E-state index < -0.39 is 0 Å². The van der Waals surface area contributed by atoms with Crippen LogP contribution in [-0.4, -0.2) is 43.5 Å². The first-order chi connectivity index (χ1) is 14.5. The Bertz CT molecular complexity index is 1080. The van der Waals surface area contributed by atoms with Gasteiger partial charge in [0.2, 0.25) is 5.95 Å². The van der Waals surface area contributed by atoms with E-state index in [1.54, 1.807) is 16.9 Å². The van der Waals surface area contributed by atoms with E-state index in [-0.39, 0.29) is 11.9 Å². The number of carbonyl (C=O) groups excluding carboxylic acids is 1. The lowest BCUT2D eigenvalue weighted by Crippen LogP contribution is -2.33. The maximum absolute atomic E-state index is 12.5. The zero-order chi connectivity index (χ0) is 21.3. The van der Waals surface area contributed by atoms with Crippen molar-refractivity contribution in [3.05, 3.63) is 53.0 Å². The Morgan fingerprint density at radius 3 is 2.93 bits per heavy atom. The molecule has 9 nitrogen and oxygen atoms in total. The molecule has 2 aromatic heterocycles. The molecule has 1 aliphatic heterocycles. The van der Waals surface area contributed by atoms with Gasteiger partial charge < -0.3 is 16.0 Å². The lowest BCUT2D eigenvalue weighted by molar-refractivity contribution is 0.0933. The zero-order valence-electron chi connectivity index (χ0n) is 17.5. The summed E-state index contributed by atoms with van der Waals surface area (Å²) in [6.07, 6.45) is 3.34. The van der Waals surface area contributed by atoms with Gasteiger partial charge in [-0.1, -0.05) is 24.3 Å². The summed E-state index contributed by atoms with van der Waals surface area (Å²) >= 11 is 0. The largest absolute Gasteiger partial charge is 0.384 e. The minimum atomic E-state index is -0.192. The smallest absolute Gasteiger partial charge is 0.273 e. The van der Waals surface area contributed by atoms with Crippen LogP contribution in [0.2, 0.25) is 0 Å². The molecule has 0 spiro atoms. The maximum atomic E-state index is 12.5. The number of fused-ring (bicyclic) bond motifs is 1. The molecule has 1 aliphatic rings. The molecule has 30 heavy (non-hydrogen) atoms. The fourth-order valence-electron chi connectivity index (χ4n) is 3.63. The number of nitrogen functional groups attached to an aromatic ring is 1. The average Bonchev–Trinajstić information content (AvgIpc) is 3.14. The molecule has 0 saturated heterocycles. The first-order valence-electron chi connectivity index (χ1n) is 10.2. The Balaban J connectivity index is 1.63. The van der Waals surface area contributed by atoms with Crippen LogP contribution in [0.15, 0.2) is 30.5 Å². The van der Waals surface area contributed by atoms with Gasteiger partial charge in [-0.05, 0) is 49.9 Å². The molecule has 1 aromatic carbocycles. The summed E-state index contributed by atoms with van der Waals surface area (Å²) in [7, 11) is 0. The van der Waals surface area contributed by atoms with E-state index in [2.05, 4.69) is 36.6 Å². The summed E-state index contributed by atoms with van der Waals surface area (Å²) in [5.41, 5.74) is 10.2. The van der Waals surface area contributed by atoms with Gasteiger partial charge in [-0.15, -0.1) is 5.10 Å². The molecule has 3 N–H and O–H groups in total. The van der Waals surface area contributed by atoms with Crippen molar-refractivity contribution in [2.24, 2.45) is 0 Å². The molecule has 0 bridgehead atoms. The molecule has 9 heteroatoms. The van der Waals surface area contributed by atoms with Crippen LogP contribution < -0.4 is 16.0 Å². The minimum absolute atomic E-state index is 0.0896. The van der Waals surface area contributed by atoms with Crippen LogP contribution in [-0.2, 0) is 13.0 Å². The Morgan fingerprint density at radius 2 is 2.17 bits per heavy atom. The first kappa shape index (κ1) is 19.8. The number of hydrogen-bond donors (Lipinski definition) is 2. The van der Waals surface area contributed by atoms with Crippen LogP contribution in [0.3, 0.4) is 0 Å². The second kappa shape index (κ2) is 8.10. The predicted octanol–water partition coefficient (Wildman–Crippen LogP) is 2.04. The van der Waals surface area contributed by atoms with Crippen molar-refractivity contribution < 1.29 is 4.79 Å². The highest BCUT2D eigenvalue weighted by molar-refractivity contribution is 5.93. The number of hydrogen-bond acceptors (Lipinski definition) is 7. The molecule has 0 radical (unpaired) electrons. The van der Waals surface area contributed by atoms with E-state index in [4.69, 9.17) is 5.73 Å². The number of nitrogens with two attached hydrogens (primary N) is 1. The van der Waals surface area contributed by atoms with Crippen LogP contribution in [0.4, 0.5) is 11.8 Å². The summed E-state index contributed by atoms with van der Waals surface area (Å²) in [6, 6.07) is 7.88. The summed E-state index contributed by atoms with van der Waals surface area (Å²) in [6.45, 7) is 7.33. The number of anilines is 2. The average molecular weight is 406 g/mol. The third kappa shape index (κ3) is 3.70. The van der Waals surface area contributed by atoms with Crippen molar-refractivity contribution in [2.45, 2.75) is 46.2 Å². The van der Waals surface area contributed by atoms with Gasteiger partial charge in [-0.25, -0.2) is 9.67 Å². The third-order valence-electron chi connectivity index (χ3n) is 5.52. The molecule has 0 aliphatic carbocycles. The topological polar surface area (TPSA) is 115 Å². The van der Waals surface area contributed by atoms with Gasteiger partial charge >= 0.3 is 0 Å². The summed E-state index contributed by atoms with van der Waals surface area (Å²) in [5.74, 6) is 0.899. The summed E-state index contributed by atoms with van der Waals surface area (Å²) in [5, 5.41) is 11.4. The van der Waals surface area contributed by atoms with E-state index in [0.717, 1.165) is 30.8 Å². The summed E-state index contributed by atoms with van der Waals surface area (Å²) in [4.78, 5) is 23.3. The van der Waals surface area contributed by atoms with E-state index in [1.165, 1.54) is 11.1 Å². The minimum Gasteiger partial charge on any atom is -0.384 e. The Hall–Kier alpha value is -3.49. The van der Waals surface area contributed by atoms with Crippen LogP contribution in [0.5, 0.6) is 0 Å². The monoisotopic (exact) mass is 406 g/mol. The molecule has 0 fully saturated rings. The van der Waals surface area contributed by atoms with Gasteiger partial charge in [0, 0.05) is 25.3 Å². The quantitative estimate of drug-likeness (QED) is 0.666. The zero-order valence-corrected chi connectivity index (χ0v) is 17.5. The van der Waals surface area contributed by atoms with E-state index in [1.807, 2.05) is 32.9 Å². The van der Waals surface area contributed by atoms with E-state index in [9.17, 15) is 4.79 Å². The Labute approximate surface area is 175 Å². The van der Waals surface area contributed by atoms with Crippen molar-refractivity contribution in [3.63, 3.8) is 0 Å². The highest BCUT2D eigenvalue weighted by atomic mass is 16.2. The predicted molar refractivity (Wildman–Crippen MR) is 115 cm³/mol. The molecular formula is C21H26N8O. The second-order valence-electron chi connectivity index (χ2n) is 7.59. The van der Waals surface area contributed by atoms with Crippen LogP contribution in [0.25, 0.3) is 5.69 Å². The Morgan fingerprint density at radius 1 is 1.33 bits per heavy atom. The van der Waals surface area contributed by atoms with E-state index >= 15 is 0 Å². The van der Waals surface area contributed by atoms with Gasteiger partial charge in [-0.3, -0.25) is 4.79 Å². The van der Waals surface area contributed by atoms with Crippen LogP contribution >= 0.6 is 0 Å². The van der Waals surface area contributed by atoms with E-state index in [0.29, 0.717) is 24.0 Å². The van der Waals surface area contributed by atoms with Crippen molar-refractivity contribution in [3.8, 4) is 5.69 Å². The van der Waals surface area contributed by atoms with Gasteiger partial charge in [0.15, 0.2) is 5.69 Å². The van der Waals surface area contributed by atoms with Crippen LogP contribution in [0, 0.1) is 6.92 Å². The fraction of sp³-hybridized carbons (Fsp3) is 0.381. The number of amides is 1. The molecule has 3 heterocycles. The lowest BCUT2D eigenvalue weighted by atomic mass is 9.98. The highest BCUT2D eigenvalue weighted by Crippen LogP contribution is 2.28. The number of carbonyl (C=O) groups is 1. The molecule has 156 valence electrons. The van der Waals surface area contributed by atoms with Crippen molar-refractivity contribution in [2.75, 3.05) is 17.2 Å².